The lowest BCUT2D eigenvalue weighted by Gasteiger charge is -2.43. The van der Waals surface area contributed by atoms with Crippen LogP contribution in [0.1, 0.15) is 70.4 Å². The summed E-state index contributed by atoms with van der Waals surface area (Å²) in [5.74, 6) is 0. The predicted octanol–water partition coefficient (Wildman–Crippen LogP) is 3.44. The number of ether oxygens (including phenoxy) is 1. The number of aromatic nitrogens is 2. The quantitative estimate of drug-likeness (QED) is 0.923. The zero-order chi connectivity index (χ0) is 14.7. The molecule has 1 unspecified atom stereocenters. The zero-order valence-corrected chi connectivity index (χ0v) is 13.5. The molecule has 0 bridgehead atoms. The highest BCUT2D eigenvalue weighted by atomic mass is 16.5. The van der Waals surface area contributed by atoms with E-state index in [1.807, 2.05) is 6.20 Å². The summed E-state index contributed by atoms with van der Waals surface area (Å²) >= 11 is 0. The zero-order valence-electron chi connectivity index (χ0n) is 13.5. The Bertz CT molecular complexity index is 443. The van der Waals surface area contributed by atoms with Crippen LogP contribution in [0, 0.1) is 0 Å². The average molecular weight is 291 g/mol. The number of hydrogen-bond donors (Lipinski definition) is 1. The van der Waals surface area contributed by atoms with Crippen molar-refractivity contribution in [1.82, 2.24) is 15.1 Å². The van der Waals surface area contributed by atoms with Crippen molar-refractivity contribution in [3.05, 3.63) is 18.0 Å². The molecular formula is C17H29N3O. The van der Waals surface area contributed by atoms with Gasteiger partial charge in [0.05, 0.1) is 17.8 Å². The lowest BCUT2D eigenvalue weighted by molar-refractivity contribution is -0.115. The topological polar surface area (TPSA) is 39.1 Å². The van der Waals surface area contributed by atoms with Crippen molar-refractivity contribution in [2.45, 2.75) is 83.0 Å². The summed E-state index contributed by atoms with van der Waals surface area (Å²) in [5, 5.41) is 8.07. The lowest BCUT2D eigenvalue weighted by atomic mass is 9.78. The fourth-order valence-electron chi connectivity index (χ4n) is 3.76. The molecule has 4 nitrogen and oxygen atoms in total. The Balaban J connectivity index is 1.63. The molecule has 4 heteroatoms. The van der Waals surface area contributed by atoms with Gasteiger partial charge >= 0.3 is 0 Å². The van der Waals surface area contributed by atoms with Gasteiger partial charge < -0.3 is 10.1 Å². The number of hydrogen-bond acceptors (Lipinski definition) is 3. The first-order valence-corrected chi connectivity index (χ1v) is 8.57. The van der Waals surface area contributed by atoms with E-state index in [4.69, 9.17) is 4.74 Å². The highest BCUT2D eigenvalue weighted by Crippen LogP contribution is 2.42. The minimum absolute atomic E-state index is 0.156. The van der Waals surface area contributed by atoms with Gasteiger partial charge in [0.15, 0.2) is 0 Å². The molecule has 2 heterocycles. The molecule has 1 spiro atoms. The highest BCUT2D eigenvalue weighted by molar-refractivity contribution is 5.05. The lowest BCUT2D eigenvalue weighted by Crippen LogP contribution is -2.42. The van der Waals surface area contributed by atoms with E-state index >= 15 is 0 Å². The maximum atomic E-state index is 6.19. The largest absolute Gasteiger partial charge is 0.375 e. The van der Waals surface area contributed by atoms with Crippen LogP contribution >= 0.6 is 0 Å². The van der Waals surface area contributed by atoms with Crippen molar-refractivity contribution in [1.29, 1.82) is 0 Å². The Morgan fingerprint density at radius 3 is 2.95 bits per heavy atom. The van der Waals surface area contributed by atoms with Gasteiger partial charge in [-0.15, -0.1) is 0 Å². The van der Waals surface area contributed by atoms with Crippen molar-refractivity contribution in [2.75, 3.05) is 6.61 Å². The molecule has 1 saturated heterocycles. The first kappa shape index (κ1) is 15.0. The molecule has 3 rings (SSSR count). The van der Waals surface area contributed by atoms with Crippen LogP contribution in [0.3, 0.4) is 0 Å². The van der Waals surface area contributed by atoms with Crippen molar-refractivity contribution >= 4 is 0 Å². The van der Waals surface area contributed by atoms with Crippen LogP contribution in [-0.4, -0.2) is 28.0 Å². The monoisotopic (exact) mass is 291 g/mol. The molecule has 1 aliphatic carbocycles. The second-order valence-electron chi connectivity index (χ2n) is 7.10. The van der Waals surface area contributed by atoms with Crippen LogP contribution in [0.15, 0.2) is 12.4 Å². The molecule has 118 valence electrons. The summed E-state index contributed by atoms with van der Waals surface area (Å²) in [6.45, 7) is 6.15. The normalized spacial score (nSPS) is 25.6. The third kappa shape index (κ3) is 3.67. The van der Waals surface area contributed by atoms with E-state index in [9.17, 15) is 0 Å². The summed E-state index contributed by atoms with van der Waals surface area (Å²) in [6.07, 6.45) is 13.0. The molecule has 0 aromatic carbocycles. The number of nitrogens with one attached hydrogen (secondary N) is 1. The standard InChI is InChI=1S/C17H29N3O/c1-14(2)18-11-15-12-19-20(13-15)16-6-9-21-17(10-16)7-4-3-5-8-17/h12-14,16,18H,3-11H2,1-2H3. The fraction of sp³-hybridized carbons (Fsp3) is 0.824. The second kappa shape index (κ2) is 6.49. The summed E-state index contributed by atoms with van der Waals surface area (Å²) in [7, 11) is 0. The number of rotatable bonds is 4. The molecule has 1 aromatic heterocycles. The van der Waals surface area contributed by atoms with E-state index in [0.29, 0.717) is 12.1 Å². The van der Waals surface area contributed by atoms with Crippen LogP contribution in [0.2, 0.25) is 0 Å². The van der Waals surface area contributed by atoms with Crippen molar-refractivity contribution in [2.24, 2.45) is 0 Å². The minimum Gasteiger partial charge on any atom is -0.375 e. The Hall–Kier alpha value is -0.870. The van der Waals surface area contributed by atoms with E-state index in [-0.39, 0.29) is 5.60 Å². The van der Waals surface area contributed by atoms with Gasteiger partial charge in [-0.3, -0.25) is 4.68 Å². The van der Waals surface area contributed by atoms with Gasteiger partial charge in [0.1, 0.15) is 0 Å². The Labute approximate surface area is 128 Å². The SMILES string of the molecule is CC(C)NCc1cnn(C2CCOC3(CCCCC3)C2)c1. The molecule has 1 aliphatic heterocycles. The van der Waals surface area contributed by atoms with Gasteiger partial charge in [-0.25, -0.2) is 0 Å². The van der Waals surface area contributed by atoms with Gasteiger partial charge in [-0.05, 0) is 25.7 Å². The Morgan fingerprint density at radius 2 is 2.19 bits per heavy atom. The molecule has 0 radical (unpaired) electrons. The Kier molecular flexibility index (Phi) is 4.65. The fourth-order valence-corrected chi connectivity index (χ4v) is 3.76. The van der Waals surface area contributed by atoms with Crippen molar-refractivity contribution in [3.8, 4) is 0 Å². The maximum Gasteiger partial charge on any atom is 0.0703 e. The van der Waals surface area contributed by atoms with Gasteiger partial charge in [0, 0.05) is 31.0 Å². The Morgan fingerprint density at radius 1 is 1.38 bits per heavy atom. The summed E-state index contributed by atoms with van der Waals surface area (Å²) < 4.78 is 8.38. The molecule has 1 N–H and O–H groups in total. The van der Waals surface area contributed by atoms with Gasteiger partial charge in [0.25, 0.3) is 0 Å². The van der Waals surface area contributed by atoms with E-state index in [1.54, 1.807) is 0 Å². The molecule has 0 amide bonds. The predicted molar refractivity (Wildman–Crippen MR) is 84.2 cm³/mol. The average Bonchev–Trinajstić information content (AvgIpc) is 2.95. The molecule has 1 saturated carbocycles. The minimum atomic E-state index is 0.156. The second-order valence-corrected chi connectivity index (χ2v) is 7.10. The molecule has 1 aromatic rings. The molecule has 2 aliphatic rings. The van der Waals surface area contributed by atoms with Crippen molar-refractivity contribution in [3.63, 3.8) is 0 Å². The molecule has 2 fully saturated rings. The van der Waals surface area contributed by atoms with E-state index < -0.39 is 0 Å². The van der Waals surface area contributed by atoms with Crippen molar-refractivity contribution < 1.29 is 4.74 Å². The third-order valence-corrected chi connectivity index (χ3v) is 4.98. The summed E-state index contributed by atoms with van der Waals surface area (Å²) in [4.78, 5) is 0. The first-order chi connectivity index (χ1) is 10.2. The maximum absolute atomic E-state index is 6.19. The van der Waals surface area contributed by atoms with E-state index in [0.717, 1.165) is 26.0 Å². The number of nitrogens with zero attached hydrogens (tertiary/aromatic N) is 2. The summed E-state index contributed by atoms with van der Waals surface area (Å²) in [5.41, 5.74) is 1.44. The van der Waals surface area contributed by atoms with Gasteiger partial charge in [0.2, 0.25) is 0 Å². The van der Waals surface area contributed by atoms with Crippen LogP contribution in [0.25, 0.3) is 0 Å². The third-order valence-electron chi connectivity index (χ3n) is 4.98. The first-order valence-electron chi connectivity index (χ1n) is 8.57. The van der Waals surface area contributed by atoms with Gasteiger partial charge in [-0.2, -0.15) is 5.10 Å². The highest BCUT2D eigenvalue weighted by Gasteiger charge is 2.39. The van der Waals surface area contributed by atoms with Crippen LogP contribution in [0.4, 0.5) is 0 Å². The van der Waals surface area contributed by atoms with Crippen LogP contribution < -0.4 is 5.32 Å². The van der Waals surface area contributed by atoms with Crippen LogP contribution in [-0.2, 0) is 11.3 Å². The van der Waals surface area contributed by atoms with Gasteiger partial charge in [-0.1, -0.05) is 33.1 Å². The van der Waals surface area contributed by atoms with E-state index in [1.165, 1.54) is 37.7 Å². The summed E-state index contributed by atoms with van der Waals surface area (Å²) in [6, 6.07) is 1.03. The smallest absolute Gasteiger partial charge is 0.0703 e. The van der Waals surface area contributed by atoms with Crippen LogP contribution in [0.5, 0.6) is 0 Å². The van der Waals surface area contributed by atoms with E-state index in [2.05, 4.69) is 35.1 Å². The molecule has 21 heavy (non-hydrogen) atoms. The molecular weight excluding hydrogens is 262 g/mol. The molecule has 1 atom stereocenters.